The Hall–Kier alpha value is -2.32. The number of carbonyl (C=O) groups excluding carboxylic acids is 4. The van der Waals surface area contributed by atoms with Crippen molar-refractivity contribution in [1.82, 2.24) is 15.1 Å². The van der Waals surface area contributed by atoms with Gasteiger partial charge in [-0.25, -0.2) is 4.79 Å². The molecule has 1 heterocycles. The molecular weight excluding hydrogens is 431 g/mol. The molecule has 2 N–H and O–H groups in total. The number of imide groups is 1. The van der Waals surface area contributed by atoms with E-state index < -0.39 is 5.54 Å². The Morgan fingerprint density at radius 1 is 1.20 bits per heavy atom. The standard InChI is InChI=1S/C20H24Cl2N4O4/c1-25(12-16(27)23-13-6-7-14(21)15(22)11-13)17(28)5-4-10-26-18(29)20(24-19(26)30)8-2-3-9-20/h6-7,11H,2-5,8-10,12H2,1H3,(H,23,27)(H,24,30). The van der Waals surface area contributed by atoms with Crippen LogP contribution in [0.3, 0.4) is 0 Å². The second-order valence-electron chi connectivity index (χ2n) is 7.71. The first-order valence-electron chi connectivity index (χ1n) is 9.85. The summed E-state index contributed by atoms with van der Waals surface area (Å²) >= 11 is 11.8. The van der Waals surface area contributed by atoms with Crippen molar-refractivity contribution in [3.8, 4) is 0 Å². The monoisotopic (exact) mass is 454 g/mol. The first-order chi connectivity index (χ1) is 14.2. The molecule has 162 valence electrons. The van der Waals surface area contributed by atoms with Crippen molar-refractivity contribution in [2.45, 2.75) is 44.1 Å². The molecule has 1 aromatic carbocycles. The Morgan fingerprint density at radius 3 is 2.57 bits per heavy atom. The Bertz CT molecular complexity index is 870. The van der Waals surface area contributed by atoms with E-state index in [9.17, 15) is 19.2 Å². The highest BCUT2D eigenvalue weighted by molar-refractivity contribution is 6.42. The Labute approximate surface area is 184 Å². The zero-order valence-corrected chi connectivity index (χ0v) is 18.2. The molecule has 1 aromatic rings. The van der Waals surface area contributed by atoms with Crippen molar-refractivity contribution in [1.29, 1.82) is 0 Å². The van der Waals surface area contributed by atoms with E-state index in [0.717, 1.165) is 12.8 Å². The fourth-order valence-corrected chi connectivity index (χ4v) is 4.15. The molecule has 0 bridgehead atoms. The number of carbonyl (C=O) groups is 4. The highest BCUT2D eigenvalue weighted by Gasteiger charge is 2.52. The Morgan fingerprint density at radius 2 is 1.90 bits per heavy atom. The predicted octanol–water partition coefficient (Wildman–Crippen LogP) is 3.04. The zero-order valence-electron chi connectivity index (χ0n) is 16.7. The van der Waals surface area contributed by atoms with Gasteiger partial charge in [-0.2, -0.15) is 0 Å². The number of hydrogen-bond donors (Lipinski definition) is 2. The van der Waals surface area contributed by atoms with Gasteiger partial charge in [-0.3, -0.25) is 19.3 Å². The summed E-state index contributed by atoms with van der Waals surface area (Å²) in [6.45, 7) is 0.0484. The van der Waals surface area contributed by atoms with Gasteiger partial charge in [0.1, 0.15) is 5.54 Å². The molecule has 1 saturated carbocycles. The second kappa shape index (κ2) is 9.22. The number of urea groups is 1. The van der Waals surface area contributed by atoms with Gasteiger partial charge in [0.05, 0.1) is 16.6 Å². The quantitative estimate of drug-likeness (QED) is 0.618. The van der Waals surface area contributed by atoms with Crippen LogP contribution < -0.4 is 10.6 Å². The van der Waals surface area contributed by atoms with Crippen molar-refractivity contribution in [3.05, 3.63) is 28.2 Å². The predicted molar refractivity (Wildman–Crippen MR) is 113 cm³/mol. The van der Waals surface area contributed by atoms with E-state index in [2.05, 4.69) is 10.6 Å². The van der Waals surface area contributed by atoms with Crippen LogP contribution in [0.2, 0.25) is 10.0 Å². The largest absolute Gasteiger partial charge is 0.336 e. The van der Waals surface area contributed by atoms with Crippen LogP contribution in [0.25, 0.3) is 0 Å². The topological polar surface area (TPSA) is 98.8 Å². The second-order valence-corrected chi connectivity index (χ2v) is 8.52. The lowest BCUT2D eigenvalue weighted by Gasteiger charge is -2.20. The molecule has 2 fully saturated rings. The third kappa shape index (κ3) is 4.87. The lowest BCUT2D eigenvalue weighted by atomic mass is 9.98. The van der Waals surface area contributed by atoms with E-state index in [1.807, 2.05) is 0 Å². The third-order valence-corrected chi connectivity index (χ3v) is 6.22. The Balaban J connectivity index is 1.43. The van der Waals surface area contributed by atoms with Crippen LogP contribution in [0.4, 0.5) is 10.5 Å². The molecule has 5 amide bonds. The minimum absolute atomic E-state index is 0.126. The molecule has 1 aliphatic carbocycles. The van der Waals surface area contributed by atoms with Crippen molar-refractivity contribution in [2.75, 3.05) is 25.5 Å². The van der Waals surface area contributed by atoms with E-state index in [1.54, 1.807) is 12.1 Å². The van der Waals surface area contributed by atoms with Crippen LogP contribution in [0, 0.1) is 0 Å². The van der Waals surface area contributed by atoms with Crippen molar-refractivity contribution in [3.63, 3.8) is 0 Å². The minimum atomic E-state index is -0.736. The molecule has 8 nitrogen and oxygen atoms in total. The van der Waals surface area contributed by atoms with E-state index in [0.29, 0.717) is 35.0 Å². The summed E-state index contributed by atoms with van der Waals surface area (Å²) in [5.41, 5.74) is -0.254. The van der Waals surface area contributed by atoms with E-state index in [-0.39, 0.29) is 43.3 Å². The van der Waals surface area contributed by atoms with E-state index in [4.69, 9.17) is 23.2 Å². The highest BCUT2D eigenvalue weighted by atomic mass is 35.5. The van der Waals surface area contributed by atoms with Crippen molar-refractivity contribution in [2.24, 2.45) is 0 Å². The van der Waals surface area contributed by atoms with Gasteiger partial charge < -0.3 is 15.5 Å². The zero-order chi connectivity index (χ0) is 21.9. The van der Waals surface area contributed by atoms with Crippen LogP contribution in [-0.4, -0.2) is 59.2 Å². The van der Waals surface area contributed by atoms with Gasteiger partial charge in [0.25, 0.3) is 5.91 Å². The van der Waals surface area contributed by atoms with Gasteiger partial charge in [0, 0.05) is 25.7 Å². The summed E-state index contributed by atoms with van der Waals surface area (Å²) in [7, 11) is 1.53. The van der Waals surface area contributed by atoms with Crippen LogP contribution in [0.15, 0.2) is 18.2 Å². The van der Waals surface area contributed by atoms with E-state index in [1.165, 1.54) is 22.9 Å². The number of halogens is 2. The Kier molecular flexibility index (Phi) is 6.88. The first-order valence-corrected chi connectivity index (χ1v) is 10.6. The average molecular weight is 455 g/mol. The molecule has 0 radical (unpaired) electrons. The number of nitrogens with zero attached hydrogens (tertiary/aromatic N) is 2. The van der Waals surface area contributed by atoms with Gasteiger partial charge in [-0.15, -0.1) is 0 Å². The van der Waals surface area contributed by atoms with Crippen LogP contribution in [-0.2, 0) is 14.4 Å². The van der Waals surface area contributed by atoms with E-state index >= 15 is 0 Å². The summed E-state index contributed by atoms with van der Waals surface area (Å²) in [4.78, 5) is 51.7. The minimum Gasteiger partial charge on any atom is -0.336 e. The lowest BCUT2D eigenvalue weighted by Crippen LogP contribution is -2.44. The van der Waals surface area contributed by atoms with Crippen LogP contribution in [0.5, 0.6) is 0 Å². The summed E-state index contributed by atoms with van der Waals surface area (Å²) in [5, 5.41) is 6.17. The normalized spacial score (nSPS) is 17.4. The lowest BCUT2D eigenvalue weighted by molar-refractivity contribution is -0.134. The van der Waals surface area contributed by atoms with Crippen molar-refractivity contribution >= 4 is 52.6 Å². The smallest absolute Gasteiger partial charge is 0.325 e. The summed E-state index contributed by atoms with van der Waals surface area (Å²) in [5.74, 6) is -0.810. The number of amides is 5. The summed E-state index contributed by atoms with van der Waals surface area (Å²) in [6, 6.07) is 4.32. The van der Waals surface area contributed by atoms with Gasteiger partial charge >= 0.3 is 6.03 Å². The molecule has 30 heavy (non-hydrogen) atoms. The first kappa shape index (κ1) is 22.4. The van der Waals surface area contributed by atoms with Gasteiger partial charge in [-0.05, 0) is 37.5 Å². The fraction of sp³-hybridized carbons (Fsp3) is 0.500. The van der Waals surface area contributed by atoms with Gasteiger partial charge in [0.15, 0.2) is 0 Å². The number of benzene rings is 1. The summed E-state index contributed by atoms with van der Waals surface area (Å²) in [6.07, 6.45) is 3.65. The fourth-order valence-electron chi connectivity index (χ4n) is 3.85. The number of nitrogens with one attached hydrogen (secondary N) is 2. The van der Waals surface area contributed by atoms with Gasteiger partial charge in [-0.1, -0.05) is 36.0 Å². The molecular formula is C20H24Cl2N4O4. The number of rotatable bonds is 7. The molecule has 10 heteroatoms. The number of likely N-dealkylation sites (N-methyl/N-ethyl adjacent to an activating group) is 1. The molecule has 1 spiro atoms. The molecule has 0 unspecified atom stereocenters. The SMILES string of the molecule is CN(CC(=O)Nc1ccc(Cl)c(Cl)c1)C(=O)CCCN1C(=O)NC2(CCCC2)C1=O. The molecule has 2 aliphatic rings. The number of hydrogen-bond acceptors (Lipinski definition) is 4. The highest BCUT2D eigenvalue weighted by Crippen LogP contribution is 2.35. The molecule has 0 atom stereocenters. The van der Waals surface area contributed by atoms with Crippen LogP contribution in [0.1, 0.15) is 38.5 Å². The molecule has 3 rings (SSSR count). The van der Waals surface area contributed by atoms with Crippen molar-refractivity contribution < 1.29 is 19.2 Å². The third-order valence-electron chi connectivity index (χ3n) is 5.49. The maximum absolute atomic E-state index is 12.6. The van der Waals surface area contributed by atoms with Crippen LogP contribution >= 0.6 is 23.2 Å². The molecule has 0 aromatic heterocycles. The van der Waals surface area contributed by atoms with Gasteiger partial charge in [0.2, 0.25) is 11.8 Å². The molecule has 1 saturated heterocycles. The maximum Gasteiger partial charge on any atom is 0.325 e. The molecule has 1 aliphatic heterocycles. The maximum atomic E-state index is 12.6. The average Bonchev–Trinajstić information content (AvgIpc) is 3.24. The number of anilines is 1. The summed E-state index contributed by atoms with van der Waals surface area (Å²) < 4.78 is 0.